The molecule has 2 aromatic heterocycles. The van der Waals surface area contributed by atoms with Gasteiger partial charge in [-0.05, 0) is 48.2 Å². The second-order valence-electron chi connectivity index (χ2n) is 8.32. The van der Waals surface area contributed by atoms with Gasteiger partial charge < -0.3 is 25.4 Å². The lowest BCUT2D eigenvalue weighted by Crippen LogP contribution is -2.25. The number of pyridine rings is 1. The van der Waals surface area contributed by atoms with E-state index in [4.69, 9.17) is 10.4 Å². The van der Waals surface area contributed by atoms with Gasteiger partial charge in [0, 0.05) is 43.7 Å². The number of imidazole rings is 1. The van der Waals surface area contributed by atoms with Crippen LogP contribution in [-0.2, 0) is 17.9 Å². The van der Waals surface area contributed by atoms with Gasteiger partial charge in [0.15, 0.2) is 5.69 Å². The number of aldehydes is 1. The van der Waals surface area contributed by atoms with Crippen molar-refractivity contribution < 1.29 is 14.0 Å². The predicted molar refractivity (Wildman–Crippen MR) is 128 cm³/mol. The summed E-state index contributed by atoms with van der Waals surface area (Å²) in [7, 11) is 1.70. The number of carbonyl (C=O) groups excluding carboxylic acids is 2. The molecule has 1 saturated carbocycles. The zero-order chi connectivity index (χ0) is 24.1. The molecule has 8 nitrogen and oxygen atoms in total. The predicted octanol–water partition coefficient (Wildman–Crippen LogP) is 3.57. The molecule has 3 aromatic rings. The Morgan fingerprint density at radius 2 is 2.09 bits per heavy atom. The largest absolute Gasteiger partial charge is 0.393 e. The summed E-state index contributed by atoms with van der Waals surface area (Å²) in [5, 5.41) is 13.2. The Balaban J connectivity index is 1.63. The lowest BCUT2D eigenvalue weighted by Gasteiger charge is -2.12. The molecule has 0 bridgehead atoms. The van der Waals surface area contributed by atoms with Crippen LogP contribution in [0.5, 0.6) is 0 Å². The Bertz CT molecular complexity index is 1260. The van der Waals surface area contributed by atoms with Crippen LogP contribution < -0.4 is 10.6 Å². The van der Waals surface area contributed by atoms with Crippen molar-refractivity contribution in [2.75, 3.05) is 7.05 Å². The fraction of sp³-hybridized carbons (Fsp3) is 0.320. The van der Waals surface area contributed by atoms with Crippen molar-refractivity contribution in [1.82, 2.24) is 25.2 Å². The van der Waals surface area contributed by atoms with Crippen LogP contribution in [0.15, 0.2) is 36.7 Å². The van der Waals surface area contributed by atoms with Gasteiger partial charge >= 0.3 is 0 Å². The van der Waals surface area contributed by atoms with Gasteiger partial charge in [-0.1, -0.05) is 12.8 Å². The van der Waals surface area contributed by atoms with Crippen LogP contribution in [0.25, 0.3) is 16.6 Å². The van der Waals surface area contributed by atoms with E-state index in [0.717, 1.165) is 44.0 Å². The quantitative estimate of drug-likeness (QED) is 0.332. The zero-order valence-electron chi connectivity index (χ0n) is 19.0. The number of hydrogen-bond donors (Lipinski definition) is 3. The number of hydrogen-bond acceptors (Lipinski definition) is 6. The SMILES string of the molecule is CN/C=C(\C=N)c1cc(F)cc(CNC(=O)c2nccc3nc(C4CCCC4)n(CC=O)c23)c1. The number of carbonyl (C=O) groups is 2. The summed E-state index contributed by atoms with van der Waals surface area (Å²) < 4.78 is 16.0. The van der Waals surface area contributed by atoms with Crippen LogP contribution in [0.3, 0.4) is 0 Å². The van der Waals surface area contributed by atoms with Gasteiger partial charge in [-0.25, -0.2) is 14.4 Å². The van der Waals surface area contributed by atoms with E-state index >= 15 is 0 Å². The Morgan fingerprint density at radius 3 is 2.79 bits per heavy atom. The van der Waals surface area contributed by atoms with Crippen LogP contribution in [0, 0.1) is 11.2 Å². The molecule has 4 rings (SSSR count). The number of fused-ring (bicyclic) bond motifs is 1. The average molecular weight is 463 g/mol. The Kier molecular flexibility index (Phi) is 7.10. The normalized spacial score (nSPS) is 14.4. The van der Waals surface area contributed by atoms with Crippen molar-refractivity contribution in [2.45, 2.75) is 44.7 Å². The molecule has 0 atom stereocenters. The van der Waals surface area contributed by atoms with Crippen molar-refractivity contribution in [1.29, 1.82) is 5.41 Å². The molecule has 1 aliphatic carbocycles. The van der Waals surface area contributed by atoms with E-state index in [9.17, 15) is 14.0 Å². The van der Waals surface area contributed by atoms with Crippen molar-refractivity contribution in [3.8, 4) is 0 Å². The fourth-order valence-corrected chi connectivity index (χ4v) is 4.57. The highest BCUT2D eigenvalue weighted by molar-refractivity contribution is 6.08. The minimum atomic E-state index is -0.462. The number of amides is 1. The number of halogens is 1. The number of aromatic nitrogens is 3. The second kappa shape index (κ2) is 10.4. The van der Waals surface area contributed by atoms with E-state index in [2.05, 4.69) is 15.6 Å². The molecular formula is C25H27FN6O2. The van der Waals surface area contributed by atoms with Crippen molar-refractivity contribution >= 4 is 35.0 Å². The molecule has 1 fully saturated rings. The number of nitrogens with zero attached hydrogens (tertiary/aromatic N) is 3. The summed E-state index contributed by atoms with van der Waals surface area (Å²) in [4.78, 5) is 33.6. The number of allylic oxidation sites excluding steroid dienone is 1. The molecular weight excluding hydrogens is 435 g/mol. The maximum absolute atomic E-state index is 14.2. The molecule has 1 amide bonds. The van der Waals surface area contributed by atoms with E-state index in [1.165, 1.54) is 18.3 Å². The van der Waals surface area contributed by atoms with Gasteiger partial charge in [0.2, 0.25) is 0 Å². The second-order valence-corrected chi connectivity index (χ2v) is 8.32. The summed E-state index contributed by atoms with van der Waals surface area (Å²) in [6.07, 6.45) is 9.35. The highest BCUT2D eigenvalue weighted by Gasteiger charge is 2.26. The van der Waals surface area contributed by atoms with Crippen molar-refractivity contribution in [2.24, 2.45) is 0 Å². The molecule has 176 valence electrons. The van der Waals surface area contributed by atoms with Gasteiger partial charge in [0.05, 0.1) is 12.1 Å². The first-order valence-electron chi connectivity index (χ1n) is 11.3. The lowest BCUT2D eigenvalue weighted by molar-refractivity contribution is -0.108. The highest BCUT2D eigenvalue weighted by atomic mass is 19.1. The molecule has 0 aliphatic heterocycles. The molecule has 1 aromatic carbocycles. The Morgan fingerprint density at radius 1 is 1.29 bits per heavy atom. The molecule has 1 aliphatic rings. The first-order chi connectivity index (χ1) is 16.5. The van der Waals surface area contributed by atoms with Gasteiger partial charge in [-0.15, -0.1) is 0 Å². The Hall–Kier alpha value is -3.88. The van der Waals surface area contributed by atoms with E-state index in [0.29, 0.717) is 27.7 Å². The maximum atomic E-state index is 14.2. The molecule has 0 saturated heterocycles. The van der Waals surface area contributed by atoms with Crippen LogP contribution >= 0.6 is 0 Å². The van der Waals surface area contributed by atoms with Gasteiger partial charge in [0.25, 0.3) is 5.91 Å². The van der Waals surface area contributed by atoms with Gasteiger partial charge in [-0.3, -0.25) is 4.79 Å². The average Bonchev–Trinajstić information content (AvgIpc) is 3.49. The molecule has 0 radical (unpaired) electrons. The summed E-state index contributed by atoms with van der Waals surface area (Å²) in [6.45, 7) is 0.176. The summed E-state index contributed by atoms with van der Waals surface area (Å²) in [5.74, 6) is 0.199. The minimum absolute atomic E-state index is 0.0732. The third kappa shape index (κ3) is 4.73. The van der Waals surface area contributed by atoms with Gasteiger partial charge in [0.1, 0.15) is 23.4 Å². The number of nitrogens with one attached hydrogen (secondary N) is 3. The lowest BCUT2D eigenvalue weighted by atomic mass is 10.0. The van der Waals surface area contributed by atoms with Crippen molar-refractivity contribution in [3.63, 3.8) is 0 Å². The monoisotopic (exact) mass is 462 g/mol. The summed E-state index contributed by atoms with van der Waals surface area (Å²) in [6, 6.07) is 6.15. The third-order valence-corrected chi connectivity index (χ3v) is 6.08. The van der Waals surface area contributed by atoms with Crippen molar-refractivity contribution in [3.05, 3.63) is 65.1 Å². The fourth-order valence-electron chi connectivity index (χ4n) is 4.57. The molecule has 0 spiro atoms. The molecule has 34 heavy (non-hydrogen) atoms. The van der Waals surface area contributed by atoms with Gasteiger partial charge in [-0.2, -0.15) is 0 Å². The first-order valence-corrected chi connectivity index (χ1v) is 11.3. The minimum Gasteiger partial charge on any atom is -0.393 e. The van der Waals surface area contributed by atoms with E-state index < -0.39 is 11.7 Å². The zero-order valence-corrected chi connectivity index (χ0v) is 19.0. The Labute approximate surface area is 196 Å². The van der Waals surface area contributed by atoms with E-state index in [1.807, 2.05) is 0 Å². The summed E-state index contributed by atoms with van der Waals surface area (Å²) in [5.41, 5.74) is 2.94. The van der Waals surface area contributed by atoms with Crippen LogP contribution in [0.2, 0.25) is 0 Å². The maximum Gasteiger partial charge on any atom is 0.272 e. The molecule has 3 N–H and O–H groups in total. The van der Waals surface area contributed by atoms with E-state index in [-0.39, 0.29) is 24.7 Å². The number of benzene rings is 1. The highest BCUT2D eigenvalue weighted by Crippen LogP contribution is 2.35. The van der Waals surface area contributed by atoms with Crippen LogP contribution in [0.4, 0.5) is 4.39 Å². The smallest absolute Gasteiger partial charge is 0.272 e. The first kappa shape index (κ1) is 23.3. The number of rotatable bonds is 9. The van der Waals surface area contributed by atoms with E-state index in [1.54, 1.807) is 29.9 Å². The molecule has 9 heteroatoms. The third-order valence-electron chi connectivity index (χ3n) is 6.08. The standard InChI is InChI=1S/C25H27FN6O2/c1-28-15-19(13-27)18-10-16(11-20(26)12-18)14-30-25(34)22-23-21(6-7-29-22)31-24(32(23)8-9-33)17-4-2-3-5-17/h6-7,9-13,15,17,27-28H,2-5,8,14H2,1H3,(H,30,34)/b19-15+,27-13?. The van der Waals surface area contributed by atoms with Crippen LogP contribution in [0.1, 0.15) is 59.0 Å². The molecule has 2 heterocycles. The molecule has 0 unspecified atom stereocenters. The topological polar surface area (TPSA) is 113 Å². The van der Waals surface area contributed by atoms with Crippen LogP contribution in [-0.4, -0.2) is 40.0 Å². The summed E-state index contributed by atoms with van der Waals surface area (Å²) >= 11 is 0.